The van der Waals surface area contributed by atoms with Crippen molar-refractivity contribution in [2.45, 2.75) is 51.0 Å². The van der Waals surface area contributed by atoms with E-state index in [-0.39, 0.29) is 29.3 Å². The van der Waals surface area contributed by atoms with E-state index in [0.717, 1.165) is 31.5 Å². The van der Waals surface area contributed by atoms with Gasteiger partial charge in [0.05, 0.1) is 16.3 Å². The highest BCUT2D eigenvalue weighted by atomic mass is 32.2. The van der Waals surface area contributed by atoms with Gasteiger partial charge in [0.25, 0.3) is 0 Å². The number of amides is 2. The number of nitrogens with one attached hydrogen (secondary N) is 1. The smallest absolute Gasteiger partial charge is 0.250 e. The van der Waals surface area contributed by atoms with Gasteiger partial charge in [-0.15, -0.1) is 0 Å². The van der Waals surface area contributed by atoms with Crippen LogP contribution in [0, 0.1) is 0 Å². The van der Waals surface area contributed by atoms with Gasteiger partial charge in [0.1, 0.15) is 12.6 Å². The third-order valence-electron chi connectivity index (χ3n) is 5.62. The van der Waals surface area contributed by atoms with Gasteiger partial charge < -0.3 is 10.2 Å². The number of anilines is 2. The summed E-state index contributed by atoms with van der Waals surface area (Å²) < 4.78 is 27.4. The fourth-order valence-corrected chi connectivity index (χ4v) is 5.65. The van der Waals surface area contributed by atoms with Crippen LogP contribution in [-0.2, 0) is 19.6 Å². The number of nitrogens with zero attached hydrogens (tertiary/aromatic N) is 3. The molecule has 1 N–H and O–H groups in total. The van der Waals surface area contributed by atoms with Crippen molar-refractivity contribution in [2.75, 3.05) is 42.5 Å². The Labute approximate surface area is 172 Å². The number of benzene rings is 1. The highest BCUT2D eigenvalue weighted by Crippen LogP contribution is 2.40. The minimum absolute atomic E-state index is 0.112. The number of piperidine rings is 1. The van der Waals surface area contributed by atoms with Crippen LogP contribution in [0.15, 0.2) is 23.1 Å². The molecular formula is C20H30N4O4S. The Morgan fingerprint density at radius 3 is 2.55 bits per heavy atom. The highest BCUT2D eigenvalue weighted by molar-refractivity contribution is 7.89. The number of likely N-dealkylation sites (N-methyl/N-ethyl adjacent to an activating group) is 1. The van der Waals surface area contributed by atoms with Gasteiger partial charge in [-0.25, -0.2) is 8.42 Å². The third-order valence-corrected chi connectivity index (χ3v) is 7.67. The number of hydrogen-bond donors (Lipinski definition) is 1. The molecule has 8 nitrogen and oxygen atoms in total. The summed E-state index contributed by atoms with van der Waals surface area (Å²) in [6.45, 7) is 7.25. The van der Waals surface area contributed by atoms with Crippen molar-refractivity contribution in [3.8, 4) is 0 Å². The molecule has 3 rings (SSSR count). The molecule has 0 spiro atoms. The van der Waals surface area contributed by atoms with Crippen LogP contribution in [0.5, 0.6) is 0 Å². The lowest BCUT2D eigenvalue weighted by atomic mass is 9.96. The predicted octanol–water partition coefficient (Wildman–Crippen LogP) is 1.56. The first-order chi connectivity index (χ1) is 13.8. The second-order valence-electron chi connectivity index (χ2n) is 7.32. The van der Waals surface area contributed by atoms with E-state index in [1.807, 2.05) is 6.92 Å². The lowest BCUT2D eigenvalue weighted by molar-refractivity contribution is -0.124. The normalized spacial score (nSPS) is 19.2. The zero-order valence-corrected chi connectivity index (χ0v) is 18.2. The molecule has 9 heteroatoms. The summed E-state index contributed by atoms with van der Waals surface area (Å²) in [6.07, 6.45) is 2.69. The van der Waals surface area contributed by atoms with E-state index in [4.69, 9.17) is 0 Å². The summed E-state index contributed by atoms with van der Waals surface area (Å²) >= 11 is 0. The average Bonchev–Trinajstić information content (AvgIpc) is 2.71. The lowest BCUT2D eigenvalue weighted by Crippen LogP contribution is -2.57. The zero-order valence-electron chi connectivity index (χ0n) is 17.3. The largest absolute Gasteiger partial charge is 0.358 e. The monoisotopic (exact) mass is 422 g/mol. The van der Waals surface area contributed by atoms with Crippen molar-refractivity contribution in [3.05, 3.63) is 18.2 Å². The Kier molecular flexibility index (Phi) is 6.48. The number of rotatable bonds is 7. The van der Waals surface area contributed by atoms with Gasteiger partial charge in [-0.1, -0.05) is 13.8 Å². The number of carbonyl (C=O) groups excluding carboxylic acids is 2. The van der Waals surface area contributed by atoms with Crippen molar-refractivity contribution >= 4 is 33.2 Å². The van der Waals surface area contributed by atoms with E-state index in [1.54, 1.807) is 32.0 Å². The quantitative estimate of drug-likeness (QED) is 0.720. The van der Waals surface area contributed by atoms with Crippen LogP contribution < -0.4 is 15.1 Å². The maximum absolute atomic E-state index is 13.2. The fourth-order valence-electron chi connectivity index (χ4n) is 4.17. The Balaban J connectivity index is 2.08. The van der Waals surface area contributed by atoms with E-state index >= 15 is 0 Å². The molecule has 1 aromatic rings. The minimum atomic E-state index is -3.67. The maximum atomic E-state index is 13.2. The number of sulfonamides is 1. The van der Waals surface area contributed by atoms with Crippen LogP contribution in [0.4, 0.5) is 11.4 Å². The molecule has 2 aliphatic rings. The van der Waals surface area contributed by atoms with Crippen LogP contribution in [0.3, 0.4) is 0 Å². The summed E-state index contributed by atoms with van der Waals surface area (Å²) in [5.74, 6) is -0.395. The van der Waals surface area contributed by atoms with Gasteiger partial charge in [0.15, 0.2) is 0 Å². The molecule has 0 radical (unpaired) electrons. The second kappa shape index (κ2) is 8.71. The molecule has 0 aromatic heterocycles. The predicted molar refractivity (Wildman–Crippen MR) is 113 cm³/mol. The highest BCUT2D eigenvalue weighted by Gasteiger charge is 2.40. The topological polar surface area (TPSA) is 90.0 Å². The molecule has 2 heterocycles. The Morgan fingerprint density at radius 1 is 1.17 bits per heavy atom. The molecule has 0 saturated carbocycles. The van der Waals surface area contributed by atoms with E-state index in [1.165, 1.54) is 9.21 Å². The molecule has 0 bridgehead atoms. The van der Waals surface area contributed by atoms with E-state index < -0.39 is 10.0 Å². The van der Waals surface area contributed by atoms with Crippen LogP contribution in [0.25, 0.3) is 0 Å². The zero-order chi connectivity index (χ0) is 21.2. The number of hydrogen-bond acceptors (Lipinski definition) is 5. The first-order valence-corrected chi connectivity index (χ1v) is 11.8. The van der Waals surface area contributed by atoms with Gasteiger partial charge in [-0.3, -0.25) is 14.5 Å². The standard InChI is InChI=1S/C20H30N4O4S/c1-4-21-19(25)14-24-18-13-15(29(27,28)22(5-2)6-3)10-11-16(18)23-12-8-7-9-17(23)20(24)26/h10-11,13,17H,4-9,12,14H2,1-3H3,(H,21,25). The Morgan fingerprint density at radius 2 is 1.90 bits per heavy atom. The summed E-state index contributed by atoms with van der Waals surface area (Å²) in [5, 5.41) is 2.72. The van der Waals surface area contributed by atoms with Gasteiger partial charge >= 0.3 is 0 Å². The first-order valence-electron chi connectivity index (χ1n) is 10.3. The van der Waals surface area contributed by atoms with Crippen LogP contribution in [0.2, 0.25) is 0 Å². The minimum Gasteiger partial charge on any atom is -0.358 e. The first kappa shape index (κ1) is 21.6. The number of carbonyl (C=O) groups is 2. The van der Waals surface area contributed by atoms with Gasteiger partial charge in [-0.2, -0.15) is 4.31 Å². The third kappa shape index (κ3) is 3.98. The summed E-state index contributed by atoms with van der Waals surface area (Å²) in [5.41, 5.74) is 1.31. The molecule has 29 heavy (non-hydrogen) atoms. The fraction of sp³-hybridized carbons (Fsp3) is 0.600. The van der Waals surface area contributed by atoms with Gasteiger partial charge in [-0.05, 0) is 44.4 Å². The van der Waals surface area contributed by atoms with Crippen molar-refractivity contribution in [1.82, 2.24) is 9.62 Å². The average molecular weight is 423 g/mol. The molecule has 0 aliphatic carbocycles. The Hall–Kier alpha value is -2.13. The summed E-state index contributed by atoms with van der Waals surface area (Å²) in [6, 6.07) is 4.64. The van der Waals surface area contributed by atoms with E-state index in [9.17, 15) is 18.0 Å². The van der Waals surface area contributed by atoms with Crippen LogP contribution >= 0.6 is 0 Å². The second-order valence-corrected chi connectivity index (χ2v) is 9.26. The van der Waals surface area contributed by atoms with Crippen LogP contribution in [0.1, 0.15) is 40.0 Å². The maximum Gasteiger partial charge on any atom is 0.250 e. The van der Waals surface area contributed by atoms with Crippen molar-refractivity contribution in [1.29, 1.82) is 0 Å². The lowest BCUT2D eigenvalue weighted by Gasteiger charge is -2.45. The molecule has 1 fully saturated rings. The number of fused-ring (bicyclic) bond motifs is 3. The van der Waals surface area contributed by atoms with Crippen molar-refractivity contribution in [2.24, 2.45) is 0 Å². The SMILES string of the molecule is CCNC(=O)CN1C(=O)C2CCCCN2c2ccc(S(=O)(=O)N(CC)CC)cc21. The molecule has 1 saturated heterocycles. The molecule has 1 aromatic carbocycles. The van der Waals surface area contributed by atoms with E-state index in [0.29, 0.717) is 25.3 Å². The molecular weight excluding hydrogens is 392 g/mol. The van der Waals surface area contributed by atoms with E-state index in [2.05, 4.69) is 10.2 Å². The van der Waals surface area contributed by atoms with Crippen LogP contribution in [-0.4, -0.2) is 63.3 Å². The summed E-state index contributed by atoms with van der Waals surface area (Å²) in [4.78, 5) is 29.1. The molecule has 1 unspecified atom stereocenters. The van der Waals surface area contributed by atoms with Gasteiger partial charge in [0.2, 0.25) is 21.8 Å². The summed E-state index contributed by atoms with van der Waals surface area (Å²) in [7, 11) is -3.67. The van der Waals surface area contributed by atoms with Gasteiger partial charge in [0, 0.05) is 26.2 Å². The molecule has 2 amide bonds. The van der Waals surface area contributed by atoms with Crippen molar-refractivity contribution < 1.29 is 18.0 Å². The molecule has 160 valence electrons. The molecule has 2 aliphatic heterocycles. The molecule has 1 atom stereocenters. The Bertz CT molecular complexity index is 882. The van der Waals surface area contributed by atoms with Crippen molar-refractivity contribution in [3.63, 3.8) is 0 Å².